The molecule has 0 atom stereocenters. The molecule has 140 valence electrons. The number of amides is 1. The summed E-state index contributed by atoms with van der Waals surface area (Å²) in [6.07, 6.45) is 4.47. The number of carbonyl (C=O) groups is 1. The van der Waals surface area contributed by atoms with Crippen LogP contribution in [0.15, 0.2) is 48.8 Å². The third-order valence-electron chi connectivity index (χ3n) is 4.75. The highest BCUT2D eigenvalue weighted by Gasteiger charge is 2.18. The first-order chi connectivity index (χ1) is 13.3. The molecule has 4 heterocycles. The average molecular weight is 365 g/mol. The van der Waals surface area contributed by atoms with Crippen molar-refractivity contribution >= 4 is 11.4 Å². The number of nitrogens with zero attached hydrogens (tertiary/aromatic N) is 4. The topological polar surface area (TPSA) is 71.8 Å². The van der Waals surface area contributed by atoms with Gasteiger partial charge >= 0.3 is 0 Å². The maximum atomic E-state index is 12.7. The zero-order chi connectivity index (χ0) is 18.5. The van der Waals surface area contributed by atoms with E-state index in [1.54, 1.807) is 6.20 Å². The molecule has 1 aliphatic heterocycles. The van der Waals surface area contributed by atoms with Gasteiger partial charge < -0.3 is 14.5 Å². The number of nitrogens with one attached hydrogen (secondary N) is 1. The summed E-state index contributed by atoms with van der Waals surface area (Å²) in [5.41, 5.74) is 2.11. The number of aromatic nitrogens is 3. The maximum Gasteiger partial charge on any atom is 0.272 e. The SMILES string of the molecule is O=C(NCc1ccccn1)c1nc(CCN2CCOCC2)n2ccccc12. The Balaban J connectivity index is 1.49. The molecule has 3 aromatic heterocycles. The second-order valence-electron chi connectivity index (χ2n) is 6.54. The van der Waals surface area contributed by atoms with Crippen molar-refractivity contribution in [1.82, 2.24) is 24.6 Å². The van der Waals surface area contributed by atoms with Gasteiger partial charge in [-0.15, -0.1) is 0 Å². The molecule has 0 unspecified atom stereocenters. The molecule has 27 heavy (non-hydrogen) atoms. The third kappa shape index (κ3) is 4.15. The van der Waals surface area contributed by atoms with Crippen molar-refractivity contribution in [3.05, 3.63) is 66.0 Å². The van der Waals surface area contributed by atoms with E-state index in [9.17, 15) is 4.79 Å². The minimum absolute atomic E-state index is 0.179. The van der Waals surface area contributed by atoms with Crippen LogP contribution in [0.4, 0.5) is 0 Å². The summed E-state index contributed by atoms with van der Waals surface area (Å²) >= 11 is 0. The number of imidazole rings is 1. The summed E-state index contributed by atoms with van der Waals surface area (Å²) in [7, 11) is 0. The van der Waals surface area contributed by atoms with E-state index < -0.39 is 0 Å². The summed E-state index contributed by atoms with van der Waals surface area (Å²) in [5.74, 6) is 0.724. The minimum Gasteiger partial charge on any atom is -0.379 e. The number of rotatable bonds is 6. The molecule has 1 saturated heterocycles. The Morgan fingerprint density at radius 1 is 1.15 bits per heavy atom. The lowest BCUT2D eigenvalue weighted by Crippen LogP contribution is -2.37. The van der Waals surface area contributed by atoms with E-state index in [1.807, 2.05) is 47.0 Å². The van der Waals surface area contributed by atoms with Gasteiger partial charge in [0.05, 0.1) is 31.0 Å². The zero-order valence-electron chi connectivity index (χ0n) is 15.2. The molecule has 4 rings (SSSR count). The standard InChI is InChI=1S/C20H23N5O2/c26-20(22-15-16-5-1-3-8-21-16)19-17-6-2-4-9-25(17)18(23-19)7-10-24-11-13-27-14-12-24/h1-6,8-9H,7,10-15H2,(H,22,26). The first kappa shape index (κ1) is 17.6. The summed E-state index contributed by atoms with van der Waals surface area (Å²) in [5, 5.41) is 2.92. The van der Waals surface area contributed by atoms with Gasteiger partial charge in [0.2, 0.25) is 0 Å². The van der Waals surface area contributed by atoms with Crippen molar-refractivity contribution in [1.29, 1.82) is 0 Å². The van der Waals surface area contributed by atoms with Crippen LogP contribution in [0.3, 0.4) is 0 Å². The number of hydrogen-bond donors (Lipinski definition) is 1. The number of carbonyl (C=O) groups excluding carboxylic acids is 1. The highest BCUT2D eigenvalue weighted by molar-refractivity contribution is 5.99. The number of fused-ring (bicyclic) bond motifs is 1. The van der Waals surface area contributed by atoms with Crippen LogP contribution < -0.4 is 5.32 Å². The number of hydrogen-bond acceptors (Lipinski definition) is 5. The molecule has 0 aliphatic carbocycles. The molecule has 3 aromatic rings. The predicted molar refractivity (Wildman–Crippen MR) is 102 cm³/mol. The van der Waals surface area contributed by atoms with E-state index in [2.05, 4.69) is 20.2 Å². The average Bonchev–Trinajstić information content (AvgIpc) is 3.11. The zero-order valence-corrected chi connectivity index (χ0v) is 15.2. The molecule has 7 heteroatoms. The van der Waals surface area contributed by atoms with Gasteiger partial charge in [0.15, 0.2) is 5.69 Å². The molecule has 0 bridgehead atoms. The Labute approximate surface area is 158 Å². The largest absolute Gasteiger partial charge is 0.379 e. The lowest BCUT2D eigenvalue weighted by molar-refractivity contribution is 0.0382. The third-order valence-corrected chi connectivity index (χ3v) is 4.75. The normalized spacial score (nSPS) is 15.1. The van der Waals surface area contributed by atoms with E-state index in [0.717, 1.165) is 56.3 Å². The summed E-state index contributed by atoms with van der Waals surface area (Å²) in [6.45, 7) is 4.75. The van der Waals surface area contributed by atoms with Gasteiger partial charge in [0.25, 0.3) is 5.91 Å². The second kappa shape index (κ2) is 8.28. The van der Waals surface area contributed by atoms with Gasteiger partial charge in [0, 0.05) is 38.4 Å². The monoisotopic (exact) mass is 365 g/mol. The highest BCUT2D eigenvalue weighted by Crippen LogP contribution is 2.14. The van der Waals surface area contributed by atoms with E-state index in [4.69, 9.17) is 4.74 Å². The quantitative estimate of drug-likeness (QED) is 0.717. The van der Waals surface area contributed by atoms with Gasteiger partial charge in [-0.2, -0.15) is 0 Å². The molecule has 0 radical (unpaired) electrons. The lowest BCUT2D eigenvalue weighted by atomic mass is 10.3. The molecule has 7 nitrogen and oxygen atoms in total. The fraction of sp³-hybridized carbons (Fsp3) is 0.350. The fourth-order valence-corrected chi connectivity index (χ4v) is 3.28. The van der Waals surface area contributed by atoms with Crippen LogP contribution >= 0.6 is 0 Å². The Morgan fingerprint density at radius 3 is 2.81 bits per heavy atom. The second-order valence-corrected chi connectivity index (χ2v) is 6.54. The maximum absolute atomic E-state index is 12.7. The van der Waals surface area contributed by atoms with Crippen LogP contribution in [-0.2, 0) is 17.7 Å². The van der Waals surface area contributed by atoms with Gasteiger partial charge in [-0.05, 0) is 24.3 Å². The van der Waals surface area contributed by atoms with Crippen molar-refractivity contribution in [3.63, 3.8) is 0 Å². The first-order valence-corrected chi connectivity index (χ1v) is 9.25. The van der Waals surface area contributed by atoms with Gasteiger partial charge in [0.1, 0.15) is 5.82 Å². The van der Waals surface area contributed by atoms with Crippen LogP contribution in [0.25, 0.3) is 5.52 Å². The lowest BCUT2D eigenvalue weighted by Gasteiger charge is -2.26. The Hall–Kier alpha value is -2.77. The molecule has 0 aromatic carbocycles. The van der Waals surface area contributed by atoms with Crippen LogP contribution in [0.1, 0.15) is 22.0 Å². The van der Waals surface area contributed by atoms with Crippen molar-refractivity contribution in [2.45, 2.75) is 13.0 Å². The molecule has 1 amide bonds. The predicted octanol–water partition coefficient (Wildman–Crippen LogP) is 1.53. The Kier molecular flexibility index (Phi) is 5.41. The van der Waals surface area contributed by atoms with E-state index in [1.165, 1.54) is 0 Å². The Morgan fingerprint density at radius 2 is 2.00 bits per heavy atom. The number of ether oxygens (including phenoxy) is 1. The van der Waals surface area contributed by atoms with Crippen LogP contribution in [-0.4, -0.2) is 58.0 Å². The van der Waals surface area contributed by atoms with Crippen molar-refractivity contribution in [3.8, 4) is 0 Å². The first-order valence-electron chi connectivity index (χ1n) is 9.25. The van der Waals surface area contributed by atoms with Crippen molar-refractivity contribution < 1.29 is 9.53 Å². The number of pyridine rings is 2. The van der Waals surface area contributed by atoms with Crippen molar-refractivity contribution in [2.24, 2.45) is 0 Å². The van der Waals surface area contributed by atoms with E-state index >= 15 is 0 Å². The summed E-state index contributed by atoms with van der Waals surface area (Å²) in [6, 6.07) is 11.5. The highest BCUT2D eigenvalue weighted by atomic mass is 16.5. The molecular weight excluding hydrogens is 342 g/mol. The van der Waals surface area contributed by atoms with E-state index in [0.29, 0.717) is 12.2 Å². The molecule has 1 aliphatic rings. The Bertz CT molecular complexity index is 903. The minimum atomic E-state index is -0.179. The molecule has 1 fully saturated rings. The smallest absolute Gasteiger partial charge is 0.272 e. The van der Waals surface area contributed by atoms with Gasteiger partial charge in [-0.3, -0.25) is 14.7 Å². The van der Waals surface area contributed by atoms with Gasteiger partial charge in [-0.1, -0.05) is 12.1 Å². The van der Waals surface area contributed by atoms with Crippen LogP contribution in [0.2, 0.25) is 0 Å². The summed E-state index contributed by atoms with van der Waals surface area (Å²) in [4.78, 5) is 24.0. The van der Waals surface area contributed by atoms with E-state index in [-0.39, 0.29) is 5.91 Å². The molecule has 0 saturated carbocycles. The fourth-order valence-electron chi connectivity index (χ4n) is 3.28. The molecule has 1 N–H and O–H groups in total. The van der Waals surface area contributed by atoms with Crippen molar-refractivity contribution in [2.75, 3.05) is 32.8 Å². The molecule has 0 spiro atoms. The molecular formula is C20H23N5O2. The number of morpholine rings is 1. The summed E-state index contributed by atoms with van der Waals surface area (Å²) < 4.78 is 7.41. The van der Waals surface area contributed by atoms with Crippen LogP contribution in [0.5, 0.6) is 0 Å². The van der Waals surface area contributed by atoms with Gasteiger partial charge in [-0.25, -0.2) is 4.98 Å². The van der Waals surface area contributed by atoms with Crippen LogP contribution in [0, 0.1) is 0 Å².